The molecule has 4 aromatic heterocycles. The van der Waals surface area contributed by atoms with Crippen LogP contribution < -0.4 is 10.6 Å². The quantitative estimate of drug-likeness (QED) is 0.367. The second-order valence-corrected chi connectivity index (χ2v) is 10.6. The first-order valence-electron chi connectivity index (χ1n) is 12.6. The molecule has 0 spiro atoms. The highest BCUT2D eigenvalue weighted by atomic mass is 16.3. The minimum Gasteiger partial charge on any atom is -0.390 e. The first kappa shape index (κ1) is 23.5. The molecule has 1 aliphatic carbocycles. The Labute approximate surface area is 206 Å². The molecule has 0 unspecified atom stereocenters. The normalized spacial score (nSPS) is 19.1. The van der Waals surface area contributed by atoms with E-state index in [1.165, 1.54) is 0 Å². The Bertz CT molecular complexity index is 1360. The van der Waals surface area contributed by atoms with E-state index in [1.807, 2.05) is 56.7 Å². The van der Waals surface area contributed by atoms with Crippen molar-refractivity contribution in [3.63, 3.8) is 0 Å². The number of nitrogens with one attached hydrogen (secondary N) is 2. The number of pyridine rings is 1. The van der Waals surface area contributed by atoms with Gasteiger partial charge in [0.15, 0.2) is 11.5 Å². The van der Waals surface area contributed by atoms with E-state index in [-0.39, 0.29) is 6.04 Å². The van der Waals surface area contributed by atoms with E-state index in [2.05, 4.69) is 34.0 Å². The Morgan fingerprint density at radius 3 is 2.46 bits per heavy atom. The zero-order valence-electron chi connectivity index (χ0n) is 21.5. The van der Waals surface area contributed by atoms with E-state index in [0.717, 1.165) is 65.3 Å². The fourth-order valence-electron chi connectivity index (χ4n) is 5.45. The highest BCUT2D eigenvalue weighted by Gasteiger charge is 2.31. The third-order valence-electron chi connectivity index (χ3n) is 7.31. The van der Waals surface area contributed by atoms with E-state index >= 15 is 0 Å². The number of nitrogens with zero attached hydrogens (tertiary/aromatic N) is 6. The molecular formula is C26H36N8O. The molecule has 1 saturated carbocycles. The number of imidazole rings is 1. The lowest BCUT2D eigenvalue weighted by molar-refractivity contribution is -0.000418. The lowest BCUT2D eigenvalue weighted by atomic mass is 9.77. The van der Waals surface area contributed by atoms with Crippen LogP contribution in [0.5, 0.6) is 0 Å². The fourth-order valence-corrected chi connectivity index (χ4v) is 5.45. The van der Waals surface area contributed by atoms with Gasteiger partial charge in [0.2, 0.25) is 5.95 Å². The zero-order valence-corrected chi connectivity index (χ0v) is 21.5. The summed E-state index contributed by atoms with van der Waals surface area (Å²) in [4.78, 5) is 14.5. The second-order valence-electron chi connectivity index (χ2n) is 10.6. The third kappa shape index (κ3) is 4.33. The van der Waals surface area contributed by atoms with Crippen molar-refractivity contribution in [3.05, 3.63) is 30.2 Å². The maximum atomic E-state index is 10.3. The van der Waals surface area contributed by atoms with Gasteiger partial charge in [-0.15, -0.1) is 5.10 Å². The van der Waals surface area contributed by atoms with Crippen molar-refractivity contribution in [2.45, 2.75) is 78.0 Å². The van der Waals surface area contributed by atoms with Crippen molar-refractivity contribution < 1.29 is 5.11 Å². The summed E-state index contributed by atoms with van der Waals surface area (Å²) in [5.41, 5.74) is 3.91. The van der Waals surface area contributed by atoms with Crippen LogP contribution in [0.2, 0.25) is 0 Å². The Hall–Kier alpha value is -3.20. The molecular weight excluding hydrogens is 440 g/mol. The van der Waals surface area contributed by atoms with Crippen LogP contribution in [0, 0.1) is 12.8 Å². The highest BCUT2D eigenvalue weighted by Crippen LogP contribution is 2.34. The predicted molar refractivity (Wildman–Crippen MR) is 140 cm³/mol. The number of aromatic nitrogens is 6. The van der Waals surface area contributed by atoms with Gasteiger partial charge in [0, 0.05) is 30.9 Å². The van der Waals surface area contributed by atoms with E-state index in [9.17, 15) is 5.11 Å². The molecule has 1 aliphatic rings. The van der Waals surface area contributed by atoms with Crippen LogP contribution in [-0.4, -0.2) is 52.9 Å². The summed E-state index contributed by atoms with van der Waals surface area (Å²) < 4.78 is 4.04. The predicted octanol–water partition coefficient (Wildman–Crippen LogP) is 4.81. The molecule has 1 fully saturated rings. The summed E-state index contributed by atoms with van der Waals surface area (Å²) in [6.07, 6.45) is 5.94. The highest BCUT2D eigenvalue weighted by molar-refractivity contribution is 5.89. The number of fused-ring (bicyclic) bond motifs is 2. The van der Waals surface area contributed by atoms with Gasteiger partial charge in [0.1, 0.15) is 16.9 Å². The van der Waals surface area contributed by atoms with Crippen molar-refractivity contribution in [1.82, 2.24) is 29.1 Å². The summed E-state index contributed by atoms with van der Waals surface area (Å²) in [5.74, 6) is 2.66. The standard InChI is InChI=1S/C26H36N8O/c1-15(2)34-16(3)28-21-12-11-20(30-24(21)34)19-13-14-33-22(19)23(27-6)31-25(32-33)29-18-9-7-17(8-10-18)26(4,5)35/h11-15,17-18,35H,7-10H2,1-6H3,(H2,27,29,31,32). The van der Waals surface area contributed by atoms with E-state index in [1.54, 1.807) is 0 Å². The maximum Gasteiger partial charge on any atom is 0.243 e. The van der Waals surface area contributed by atoms with E-state index in [4.69, 9.17) is 15.1 Å². The number of hydrogen-bond acceptors (Lipinski definition) is 7. The number of aryl methyl sites for hydroxylation is 1. The topological polar surface area (TPSA) is 105 Å². The van der Waals surface area contributed by atoms with Crippen molar-refractivity contribution in [3.8, 4) is 11.3 Å². The van der Waals surface area contributed by atoms with Crippen LogP contribution in [0.4, 0.5) is 11.8 Å². The number of aliphatic hydroxyl groups is 1. The molecule has 3 N–H and O–H groups in total. The molecule has 0 aromatic carbocycles. The van der Waals surface area contributed by atoms with E-state index in [0.29, 0.717) is 17.9 Å². The summed E-state index contributed by atoms with van der Waals surface area (Å²) in [5, 5.41) is 21.9. The van der Waals surface area contributed by atoms with Gasteiger partial charge in [0.05, 0.1) is 11.3 Å². The molecule has 5 rings (SSSR count). The average Bonchev–Trinajstić information content (AvgIpc) is 3.38. The molecule has 0 aliphatic heterocycles. The Morgan fingerprint density at radius 2 is 1.80 bits per heavy atom. The van der Waals surface area contributed by atoms with Crippen LogP contribution in [0.15, 0.2) is 24.4 Å². The monoisotopic (exact) mass is 476 g/mol. The molecule has 4 aromatic rings. The summed E-state index contributed by atoms with van der Waals surface area (Å²) >= 11 is 0. The summed E-state index contributed by atoms with van der Waals surface area (Å²) in [6.45, 7) is 10.1. The Morgan fingerprint density at radius 1 is 1.06 bits per heavy atom. The lowest BCUT2D eigenvalue weighted by Gasteiger charge is -2.36. The molecule has 0 saturated heterocycles. The number of hydrogen-bond donors (Lipinski definition) is 3. The van der Waals surface area contributed by atoms with Crippen LogP contribution >= 0.6 is 0 Å². The van der Waals surface area contributed by atoms with Gasteiger partial charge in [-0.25, -0.2) is 14.5 Å². The lowest BCUT2D eigenvalue weighted by Crippen LogP contribution is -2.37. The van der Waals surface area contributed by atoms with Gasteiger partial charge < -0.3 is 20.3 Å². The van der Waals surface area contributed by atoms with Gasteiger partial charge in [-0.05, 0) is 84.4 Å². The van der Waals surface area contributed by atoms with Gasteiger partial charge in [-0.3, -0.25) is 0 Å². The second kappa shape index (κ2) is 8.78. The average molecular weight is 477 g/mol. The summed E-state index contributed by atoms with van der Waals surface area (Å²) in [7, 11) is 1.88. The first-order chi connectivity index (χ1) is 16.7. The molecule has 0 bridgehead atoms. The van der Waals surface area contributed by atoms with Gasteiger partial charge in [-0.1, -0.05) is 0 Å². The molecule has 4 heterocycles. The largest absolute Gasteiger partial charge is 0.390 e. The Kier molecular flexibility index (Phi) is 5.91. The van der Waals surface area contributed by atoms with Crippen LogP contribution in [0.3, 0.4) is 0 Å². The first-order valence-corrected chi connectivity index (χ1v) is 12.6. The minimum absolute atomic E-state index is 0.275. The molecule has 9 nitrogen and oxygen atoms in total. The SMILES string of the molecule is CNc1nc(NC2CCC(C(C)(C)O)CC2)nn2ccc(-c3ccc4nc(C)n(C(C)C)c4n3)c12. The minimum atomic E-state index is -0.621. The van der Waals surface area contributed by atoms with Crippen LogP contribution in [-0.2, 0) is 0 Å². The molecule has 0 amide bonds. The van der Waals surface area contributed by atoms with Crippen molar-refractivity contribution in [2.24, 2.45) is 5.92 Å². The van der Waals surface area contributed by atoms with E-state index < -0.39 is 5.60 Å². The molecule has 9 heteroatoms. The fraction of sp³-hybridized carbons (Fsp3) is 0.538. The molecule has 35 heavy (non-hydrogen) atoms. The molecule has 0 atom stereocenters. The smallest absolute Gasteiger partial charge is 0.243 e. The van der Waals surface area contributed by atoms with Gasteiger partial charge >= 0.3 is 0 Å². The van der Waals surface area contributed by atoms with Gasteiger partial charge in [-0.2, -0.15) is 4.98 Å². The van der Waals surface area contributed by atoms with Crippen LogP contribution in [0.25, 0.3) is 27.9 Å². The number of anilines is 2. The maximum absolute atomic E-state index is 10.3. The van der Waals surface area contributed by atoms with Crippen LogP contribution in [0.1, 0.15) is 65.2 Å². The van der Waals surface area contributed by atoms with Crippen molar-refractivity contribution in [2.75, 3.05) is 17.7 Å². The molecule has 0 radical (unpaired) electrons. The molecule has 186 valence electrons. The Balaban J connectivity index is 1.46. The van der Waals surface area contributed by atoms with Gasteiger partial charge in [0.25, 0.3) is 0 Å². The van der Waals surface area contributed by atoms with Crippen molar-refractivity contribution in [1.29, 1.82) is 0 Å². The zero-order chi connectivity index (χ0) is 24.9. The third-order valence-corrected chi connectivity index (χ3v) is 7.31. The summed E-state index contributed by atoms with van der Waals surface area (Å²) in [6, 6.07) is 6.67. The van der Waals surface area contributed by atoms with Crippen molar-refractivity contribution >= 4 is 28.4 Å². The number of rotatable bonds is 6.